The van der Waals surface area contributed by atoms with Gasteiger partial charge in [0.1, 0.15) is 0 Å². The van der Waals surface area contributed by atoms with Crippen LogP contribution in [0.1, 0.15) is 55.6 Å². The van der Waals surface area contributed by atoms with Crippen LogP contribution >= 0.6 is 0 Å². The number of nitrogens with zero attached hydrogens (tertiary/aromatic N) is 1. The van der Waals surface area contributed by atoms with Crippen LogP contribution in [0.3, 0.4) is 0 Å². The summed E-state index contributed by atoms with van der Waals surface area (Å²) in [6.45, 7) is 0.423. The molecule has 2 atom stereocenters. The number of benzene rings is 1. The van der Waals surface area contributed by atoms with Gasteiger partial charge in [-0.05, 0) is 30.9 Å². The van der Waals surface area contributed by atoms with E-state index in [1.54, 1.807) is 0 Å². The normalized spacial score (nSPS) is 22.9. The second-order valence-corrected chi connectivity index (χ2v) is 7.94. The minimum atomic E-state index is -4.55. The highest BCUT2D eigenvalue weighted by molar-refractivity contribution is 5.85. The zero-order valence-corrected chi connectivity index (χ0v) is 15.9. The molecule has 0 bridgehead atoms. The second-order valence-electron chi connectivity index (χ2n) is 7.94. The Morgan fingerprint density at radius 2 is 1.90 bits per heavy atom. The van der Waals surface area contributed by atoms with Crippen molar-refractivity contribution in [1.29, 1.82) is 0 Å². The first kappa shape index (κ1) is 21.4. The molecule has 0 spiro atoms. The fourth-order valence-corrected chi connectivity index (χ4v) is 4.47. The van der Waals surface area contributed by atoms with E-state index < -0.39 is 41.3 Å². The van der Waals surface area contributed by atoms with E-state index in [1.807, 2.05) is 0 Å². The molecular formula is C20H25F3N2O4. The molecule has 2 aliphatic rings. The monoisotopic (exact) mass is 414 g/mol. The average Bonchev–Trinajstić information content (AvgIpc) is 3.09. The Bertz CT molecular complexity index is 762. The number of alkyl halides is 3. The molecule has 0 radical (unpaired) electrons. The molecule has 3 N–H and O–H groups in total. The maximum Gasteiger partial charge on any atom is 0.416 e. The van der Waals surface area contributed by atoms with Gasteiger partial charge in [-0.3, -0.25) is 4.79 Å². The minimum Gasteiger partial charge on any atom is -0.465 e. The number of hydrogen-bond donors (Lipinski definition) is 3. The van der Waals surface area contributed by atoms with E-state index >= 15 is 0 Å². The number of carbonyl (C=O) groups is 2. The summed E-state index contributed by atoms with van der Waals surface area (Å²) in [4.78, 5) is 25.7. The van der Waals surface area contributed by atoms with E-state index in [-0.39, 0.29) is 18.7 Å². The molecule has 1 aliphatic carbocycles. The number of aliphatic hydroxyl groups is 1. The highest BCUT2D eigenvalue weighted by Crippen LogP contribution is 2.42. The molecular weight excluding hydrogens is 389 g/mol. The van der Waals surface area contributed by atoms with Crippen molar-refractivity contribution in [3.05, 3.63) is 35.4 Å². The molecule has 0 aromatic heterocycles. The summed E-state index contributed by atoms with van der Waals surface area (Å²) in [7, 11) is 0. The molecule has 1 saturated carbocycles. The van der Waals surface area contributed by atoms with Crippen LogP contribution in [0.2, 0.25) is 0 Å². The van der Waals surface area contributed by atoms with E-state index in [9.17, 15) is 27.9 Å². The first-order valence-corrected chi connectivity index (χ1v) is 9.78. The Kier molecular flexibility index (Phi) is 6.07. The predicted octanol–water partition coefficient (Wildman–Crippen LogP) is 3.35. The van der Waals surface area contributed by atoms with Gasteiger partial charge in [0.2, 0.25) is 5.91 Å². The van der Waals surface area contributed by atoms with Gasteiger partial charge >= 0.3 is 12.3 Å². The van der Waals surface area contributed by atoms with Crippen LogP contribution in [0, 0.1) is 0 Å². The lowest BCUT2D eigenvalue weighted by Gasteiger charge is -2.40. The summed E-state index contributed by atoms with van der Waals surface area (Å²) in [5, 5.41) is 22.5. The van der Waals surface area contributed by atoms with E-state index in [0.29, 0.717) is 32.1 Å². The predicted molar refractivity (Wildman–Crippen MR) is 98.4 cm³/mol. The molecule has 6 nitrogen and oxygen atoms in total. The van der Waals surface area contributed by atoms with Gasteiger partial charge in [-0.2, -0.15) is 13.2 Å². The van der Waals surface area contributed by atoms with Crippen molar-refractivity contribution >= 4 is 12.0 Å². The Hall–Kier alpha value is -2.29. The lowest BCUT2D eigenvalue weighted by Crippen LogP contribution is -2.48. The van der Waals surface area contributed by atoms with Crippen molar-refractivity contribution in [3.8, 4) is 0 Å². The van der Waals surface area contributed by atoms with Gasteiger partial charge in [0.05, 0.1) is 23.1 Å². The molecule has 1 unspecified atom stereocenters. The first-order valence-electron chi connectivity index (χ1n) is 9.78. The van der Waals surface area contributed by atoms with Crippen LogP contribution in [0.5, 0.6) is 0 Å². The van der Waals surface area contributed by atoms with Gasteiger partial charge in [-0.1, -0.05) is 37.5 Å². The minimum absolute atomic E-state index is 0.136. The van der Waals surface area contributed by atoms with Crippen molar-refractivity contribution in [2.75, 3.05) is 13.1 Å². The van der Waals surface area contributed by atoms with Gasteiger partial charge in [0, 0.05) is 13.1 Å². The second kappa shape index (κ2) is 8.22. The lowest BCUT2D eigenvalue weighted by atomic mass is 9.72. The number of halogens is 3. The average molecular weight is 414 g/mol. The maximum absolute atomic E-state index is 13.4. The Labute approximate surface area is 166 Å². The highest BCUT2D eigenvalue weighted by atomic mass is 19.4. The van der Waals surface area contributed by atoms with Gasteiger partial charge in [-0.25, -0.2) is 4.79 Å². The fourth-order valence-electron chi connectivity index (χ4n) is 4.47. The summed E-state index contributed by atoms with van der Waals surface area (Å²) in [6, 6.07) is 4.16. The zero-order chi connectivity index (χ0) is 21.2. The van der Waals surface area contributed by atoms with Gasteiger partial charge in [0.25, 0.3) is 0 Å². The standard InChI is InChI=1S/C20H25F3N2O4/c21-20(22,23)14-6-4-5-13(11-14)16(19(29)8-2-1-3-9-19)17(26)25-10-7-15(12-25)24-18(27)28/h4-6,11,15-16,24,29H,1-3,7-10,12H2,(H,27,28)/t15-,16?/m1/s1. The summed E-state index contributed by atoms with van der Waals surface area (Å²) in [5.41, 5.74) is -2.14. The molecule has 3 rings (SSSR count). The molecule has 1 saturated heterocycles. The number of likely N-dealkylation sites (tertiary alicyclic amines) is 1. The largest absolute Gasteiger partial charge is 0.465 e. The van der Waals surface area contributed by atoms with Crippen molar-refractivity contribution in [1.82, 2.24) is 10.2 Å². The molecule has 1 heterocycles. The number of carbonyl (C=O) groups excluding carboxylic acids is 1. The van der Waals surface area contributed by atoms with E-state index in [0.717, 1.165) is 18.6 Å². The van der Waals surface area contributed by atoms with E-state index in [1.165, 1.54) is 17.0 Å². The third-order valence-electron chi connectivity index (χ3n) is 5.88. The van der Waals surface area contributed by atoms with Crippen molar-refractivity contribution < 1.29 is 33.0 Å². The number of carboxylic acid groups (broad SMARTS) is 1. The van der Waals surface area contributed by atoms with E-state index in [4.69, 9.17) is 5.11 Å². The number of hydrogen-bond acceptors (Lipinski definition) is 3. The van der Waals surface area contributed by atoms with Crippen molar-refractivity contribution in [2.24, 2.45) is 0 Å². The molecule has 29 heavy (non-hydrogen) atoms. The van der Waals surface area contributed by atoms with Crippen LogP contribution in [-0.2, 0) is 11.0 Å². The Morgan fingerprint density at radius 1 is 1.21 bits per heavy atom. The summed E-state index contributed by atoms with van der Waals surface area (Å²) >= 11 is 0. The van der Waals surface area contributed by atoms with Crippen LogP contribution in [0.15, 0.2) is 24.3 Å². The number of nitrogens with one attached hydrogen (secondary N) is 1. The maximum atomic E-state index is 13.4. The van der Waals surface area contributed by atoms with Crippen LogP contribution < -0.4 is 5.32 Å². The van der Waals surface area contributed by atoms with Gasteiger partial charge < -0.3 is 20.4 Å². The van der Waals surface area contributed by atoms with E-state index in [2.05, 4.69) is 5.32 Å². The number of rotatable bonds is 4. The molecule has 9 heteroatoms. The highest BCUT2D eigenvalue weighted by Gasteiger charge is 2.46. The molecule has 2 amide bonds. The Balaban J connectivity index is 1.92. The first-order chi connectivity index (χ1) is 13.6. The van der Waals surface area contributed by atoms with Crippen LogP contribution in [0.25, 0.3) is 0 Å². The Morgan fingerprint density at radius 3 is 2.52 bits per heavy atom. The quantitative estimate of drug-likeness (QED) is 0.705. The lowest BCUT2D eigenvalue weighted by molar-refractivity contribution is -0.142. The van der Waals surface area contributed by atoms with Gasteiger partial charge in [0.15, 0.2) is 0 Å². The topological polar surface area (TPSA) is 89.9 Å². The van der Waals surface area contributed by atoms with Crippen LogP contribution in [0.4, 0.5) is 18.0 Å². The number of amides is 2. The molecule has 1 aromatic carbocycles. The van der Waals surface area contributed by atoms with Gasteiger partial charge in [-0.15, -0.1) is 0 Å². The molecule has 2 fully saturated rings. The SMILES string of the molecule is O=C(O)N[C@@H]1CCN(C(=O)C(c2cccc(C(F)(F)F)c2)C2(O)CCCCC2)C1. The smallest absolute Gasteiger partial charge is 0.416 e. The molecule has 1 aliphatic heterocycles. The van der Waals surface area contributed by atoms with Crippen LogP contribution in [-0.4, -0.2) is 51.8 Å². The summed E-state index contributed by atoms with van der Waals surface area (Å²) in [5.74, 6) is -1.57. The van der Waals surface area contributed by atoms with Crippen molar-refractivity contribution in [3.63, 3.8) is 0 Å². The fraction of sp³-hybridized carbons (Fsp3) is 0.600. The third kappa shape index (κ3) is 4.83. The summed E-state index contributed by atoms with van der Waals surface area (Å²) < 4.78 is 39.7. The van der Waals surface area contributed by atoms with Crippen molar-refractivity contribution in [2.45, 2.75) is 62.3 Å². The third-order valence-corrected chi connectivity index (χ3v) is 5.88. The molecule has 160 valence electrons. The molecule has 1 aromatic rings. The zero-order valence-electron chi connectivity index (χ0n) is 15.9. The summed E-state index contributed by atoms with van der Waals surface area (Å²) in [6.07, 6.45) is -2.35.